The molecule has 3 aromatic rings. The number of hydrazine groups is 1. The number of carbonyl (C=O) groups is 2. The van der Waals surface area contributed by atoms with Crippen molar-refractivity contribution in [2.75, 3.05) is 24.8 Å². The highest BCUT2D eigenvalue weighted by Crippen LogP contribution is 2.41. The molecule has 1 fully saturated rings. The van der Waals surface area contributed by atoms with Crippen LogP contribution in [0.4, 0.5) is 0 Å². The van der Waals surface area contributed by atoms with E-state index < -0.39 is 16.8 Å². The molecular weight excluding hydrogens is 492 g/mol. The molecule has 1 unspecified atom stereocenters. The number of ether oxygens (including phenoxy) is 1. The quantitative estimate of drug-likeness (QED) is 0.280. The van der Waals surface area contributed by atoms with Gasteiger partial charge in [-0.3, -0.25) is 30.1 Å². The van der Waals surface area contributed by atoms with Crippen LogP contribution in [0.5, 0.6) is 11.5 Å². The van der Waals surface area contributed by atoms with Crippen LogP contribution in [0.2, 0.25) is 0 Å². The highest BCUT2D eigenvalue weighted by molar-refractivity contribution is 8.00. The SMILES string of the molecule is COc1cc(C2SCC(=O)N2C(=S)NNCC(=O)Nn2c(C)nc3ccccc3c2=O)ccc1O. The zero-order chi connectivity index (χ0) is 25.1. The summed E-state index contributed by atoms with van der Waals surface area (Å²) < 4.78 is 6.23. The van der Waals surface area contributed by atoms with Crippen LogP contribution < -0.4 is 26.6 Å². The van der Waals surface area contributed by atoms with Gasteiger partial charge in [0.05, 0.1) is 30.3 Å². The van der Waals surface area contributed by atoms with Gasteiger partial charge in [0.2, 0.25) is 5.91 Å². The number of thioether (sulfide) groups is 1. The number of para-hydroxylation sites is 1. The molecule has 0 spiro atoms. The maximum Gasteiger partial charge on any atom is 0.280 e. The number of phenolic OH excluding ortho intramolecular Hbond substituents is 1. The largest absolute Gasteiger partial charge is 0.504 e. The van der Waals surface area contributed by atoms with Crippen molar-refractivity contribution in [3.8, 4) is 11.5 Å². The first-order valence-electron chi connectivity index (χ1n) is 10.4. The molecule has 1 aromatic heterocycles. The summed E-state index contributed by atoms with van der Waals surface area (Å²) in [6, 6.07) is 11.7. The van der Waals surface area contributed by atoms with Crippen molar-refractivity contribution in [1.29, 1.82) is 0 Å². The molecule has 1 atom stereocenters. The number of hydrogen-bond acceptors (Lipinski definition) is 9. The maximum absolute atomic E-state index is 12.7. The van der Waals surface area contributed by atoms with Gasteiger partial charge in [-0.15, -0.1) is 11.8 Å². The number of nitrogens with one attached hydrogen (secondary N) is 3. The van der Waals surface area contributed by atoms with E-state index in [-0.39, 0.29) is 34.8 Å². The van der Waals surface area contributed by atoms with Crippen molar-refractivity contribution in [2.45, 2.75) is 12.3 Å². The van der Waals surface area contributed by atoms with E-state index in [4.69, 9.17) is 17.0 Å². The fraction of sp³-hybridized carbons (Fsp3) is 0.227. The summed E-state index contributed by atoms with van der Waals surface area (Å²) in [6.45, 7) is 1.37. The minimum Gasteiger partial charge on any atom is -0.504 e. The Hall–Kier alpha value is -3.68. The normalized spacial score (nSPS) is 15.3. The fourth-order valence-electron chi connectivity index (χ4n) is 3.54. The number of aryl methyl sites for hydroxylation is 1. The van der Waals surface area contributed by atoms with Gasteiger partial charge < -0.3 is 9.84 Å². The van der Waals surface area contributed by atoms with E-state index in [1.165, 1.54) is 29.8 Å². The molecule has 182 valence electrons. The number of aromatic nitrogens is 2. The summed E-state index contributed by atoms with van der Waals surface area (Å²) in [6.07, 6.45) is 0. The Morgan fingerprint density at radius 3 is 2.83 bits per heavy atom. The molecule has 0 saturated carbocycles. The Labute approximate surface area is 209 Å². The Morgan fingerprint density at radius 2 is 2.06 bits per heavy atom. The summed E-state index contributed by atoms with van der Waals surface area (Å²) in [5.41, 5.74) is 8.75. The van der Waals surface area contributed by atoms with E-state index in [0.717, 1.165) is 10.2 Å². The molecule has 1 aliphatic heterocycles. The van der Waals surface area contributed by atoms with Gasteiger partial charge in [-0.2, -0.15) is 0 Å². The molecule has 0 aliphatic carbocycles. The number of fused-ring (bicyclic) bond motifs is 1. The molecule has 2 amide bonds. The number of methoxy groups -OCH3 is 1. The van der Waals surface area contributed by atoms with Crippen LogP contribution in [0.25, 0.3) is 10.9 Å². The second-order valence-electron chi connectivity index (χ2n) is 7.49. The molecule has 1 saturated heterocycles. The first-order valence-corrected chi connectivity index (χ1v) is 11.9. The summed E-state index contributed by atoms with van der Waals surface area (Å²) >= 11 is 6.74. The average molecular weight is 515 g/mol. The molecule has 0 bridgehead atoms. The lowest BCUT2D eigenvalue weighted by Crippen LogP contribution is -2.50. The second kappa shape index (κ2) is 10.3. The third-order valence-corrected chi connectivity index (χ3v) is 6.71. The zero-order valence-electron chi connectivity index (χ0n) is 18.8. The van der Waals surface area contributed by atoms with Gasteiger partial charge in [-0.25, -0.2) is 15.1 Å². The lowest BCUT2D eigenvalue weighted by Gasteiger charge is -2.25. The zero-order valence-corrected chi connectivity index (χ0v) is 20.4. The number of rotatable bonds is 6. The van der Waals surface area contributed by atoms with Crippen molar-refractivity contribution < 1.29 is 19.4 Å². The van der Waals surface area contributed by atoms with Crippen molar-refractivity contribution in [3.63, 3.8) is 0 Å². The Morgan fingerprint density at radius 1 is 1.29 bits per heavy atom. The maximum atomic E-state index is 12.7. The Kier molecular flexibility index (Phi) is 7.19. The van der Waals surface area contributed by atoms with Gasteiger partial charge >= 0.3 is 0 Å². The van der Waals surface area contributed by atoms with Gasteiger partial charge in [0.1, 0.15) is 11.2 Å². The van der Waals surface area contributed by atoms with E-state index in [9.17, 15) is 19.5 Å². The molecule has 1 aliphatic rings. The van der Waals surface area contributed by atoms with E-state index in [0.29, 0.717) is 16.7 Å². The van der Waals surface area contributed by atoms with Crippen molar-refractivity contribution in [2.24, 2.45) is 0 Å². The highest BCUT2D eigenvalue weighted by Gasteiger charge is 2.36. The number of carbonyl (C=O) groups excluding carboxylic acids is 2. The van der Waals surface area contributed by atoms with E-state index >= 15 is 0 Å². The van der Waals surface area contributed by atoms with Gasteiger partial charge in [0.15, 0.2) is 16.6 Å². The van der Waals surface area contributed by atoms with Crippen LogP contribution in [0.1, 0.15) is 16.8 Å². The predicted octanol–water partition coefficient (Wildman–Crippen LogP) is 1.14. The summed E-state index contributed by atoms with van der Waals surface area (Å²) in [5, 5.41) is 9.87. The number of benzene rings is 2. The third kappa shape index (κ3) is 5.06. The third-order valence-electron chi connectivity index (χ3n) is 5.20. The molecule has 2 aromatic carbocycles. The van der Waals surface area contributed by atoms with E-state index in [1.807, 2.05) is 0 Å². The smallest absolute Gasteiger partial charge is 0.280 e. The Bertz CT molecular complexity index is 1380. The van der Waals surface area contributed by atoms with Crippen LogP contribution >= 0.6 is 24.0 Å². The van der Waals surface area contributed by atoms with Crippen molar-refractivity contribution in [1.82, 2.24) is 25.4 Å². The first-order chi connectivity index (χ1) is 16.8. The summed E-state index contributed by atoms with van der Waals surface area (Å²) in [7, 11) is 1.44. The second-order valence-corrected chi connectivity index (χ2v) is 8.95. The number of amides is 2. The topological polar surface area (TPSA) is 138 Å². The van der Waals surface area contributed by atoms with Gasteiger partial charge in [0.25, 0.3) is 11.5 Å². The van der Waals surface area contributed by atoms with Crippen molar-refractivity contribution >= 4 is 51.8 Å². The van der Waals surface area contributed by atoms with Gasteiger partial charge in [-0.05, 0) is 49.0 Å². The van der Waals surface area contributed by atoms with Crippen LogP contribution in [-0.2, 0) is 9.59 Å². The van der Waals surface area contributed by atoms with E-state index in [2.05, 4.69) is 21.3 Å². The van der Waals surface area contributed by atoms with Crippen LogP contribution in [0.3, 0.4) is 0 Å². The van der Waals surface area contributed by atoms with Gasteiger partial charge in [0, 0.05) is 0 Å². The minimum absolute atomic E-state index is 0.0125. The lowest BCUT2D eigenvalue weighted by molar-refractivity contribution is -0.124. The number of thiocarbonyl (C=S) groups is 1. The number of aromatic hydroxyl groups is 1. The molecule has 0 radical (unpaired) electrons. The van der Waals surface area contributed by atoms with E-state index in [1.54, 1.807) is 43.3 Å². The molecule has 4 rings (SSSR count). The summed E-state index contributed by atoms with van der Waals surface area (Å²) in [5.74, 6) is 0.0845. The Balaban J connectivity index is 1.39. The van der Waals surface area contributed by atoms with Crippen LogP contribution in [0.15, 0.2) is 47.3 Å². The monoisotopic (exact) mass is 514 g/mol. The minimum atomic E-state index is -0.524. The number of nitrogens with zero attached hydrogens (tertiary/aromatic N) is 3. The molecule has 4 N–H and O–H groups in total. The summed E-state index contributed by atoms with van der Waals surface area (Å²) in [4.78, 5) is 43.3. The molecule has 13 heteroatoms. The highest BCUT2D eigenvalue weighted by atomic mass is 32.2. The predicted molar refractivity (Wildman–Crippen MR) is 136 cm³/mol. The number of hydrogen-bond donors (Lipinski definition) is 4. The lowest BCUT2D eigenvalue weighted by atomic mass is 10.2. The molecule has 2 heterocycles. The average Bonchev–Trinajstić information content (AvgIpc) is 3.23. The van der Waals surface area contributed by atoms with Crippen LogP contribution in [-0.4, -0.2) is 56.0 Å². The number of phenols is 1. The molecular formula is C22H22N6O5S2. The molecule has 11 nitrogen and oxygen atoms in total. The fourth-order valence-corrected chi connectivity index (χ4v) is 5.03. The van der Waals surface area contributed by atoms with Crippen molar-refractivity contribution in [3.05, 3.63) is 64.2 Å². The molecule has 35 heavy (non-hydrogen) atoms. The van der Waals surface area contributed by atoms with Crippen LogP contribution in [0, 0.1) is 6.92 Å². The first kappa shape index (κ1) is 24.4. The standard InChI is InChI=1S/C22H22N6O5S2/c1-12-24-15-6-4-3-5-14(15)20(32)28(12)26-18(30)10-23-25-22(34)27-19(31)11-35-21(27)13-7-8-16(29)17(9-13)33-2/h3-9,21,23,29H,10-11H2,1-2H3,(H,25,34)(H,26,30). The van der Waals surface area contributed by atoms with Gasteiger partial charge in [-0.1, -0.05) is 18.2 Å².